The Morgan fingerprint density at radius 3 is 2.61 bits per heavy atom. The Bertz CT molecular complexity index is 1120. The van der Waals surface area contributed by atoms with Gasteiger partial charge in [-0.15, -0.1) is 0 Å². The Morgan fingerprint density at radius 1 is 1.13 bits per heavy atom. The van der Waals surface area contributed by atoms with Crippen molar-refractivity contribution in [1.29, 1.82) is 0 Å². The first-order valence-electron chi connectivity index (χ1n) is 10.2. The molecule has 2 aromatic carbocycles. The van der Waals surface area contributed by atoms with Crippen LogP contribution in [0.25, 0.3) is 10.9 Å². The topological polar surface area (TPSA) is 77.7 Å². The molecular formula is C23H25ClN4O3. The van der Waals surface area contributed by atoms with E-state index in [0.717, 1.165) is 47.8 Å². The molecule has 1 fully saturated rings. The number of nitrogens with zero attached hydrogens (tertiary/aromatic N) is 2. The zero-order valence-corrected chi connectivity index (χ0v) is 18.3. The van der Waals surface area contributed by atoms with E-state index in [4.69, 9.17) is 16.3 Å². The third-order valence-corrected chi connectivity index (χ3v) is 5.85. The van der Waals surface area contributed by atoms with Crippen LogP contribution in [0.1, 0.15) is 16.1 Å². The van der Waals surface area contributed by atoms with Crippen molar-refractivity contribution in [3.63, 3.8) is 0 Å². The Balaban J connectivity index is 1.41. The first kappa shape index (κ1) is 21.2. The van der Waals surface area contributed by atoms with Crippen LogP contribution in [-0.4, -0.2) is 61.6 Å². The Kier molecular flexibility index (Phi) is 6.15. The van der Waals surface area contributed by atoms with E-state index in [1.165, 1.54) is 12.7 Å². The summed E-state index contributed by atoms with van der Waals surface area (Å²) in [6.07, 6.45) is 0. The van der Waals surface area contributed by atoms with Gasteiger partial charge in [0.1, 0.15) is 5.69 Å². The third kappa shape index (κ3) is 4.52. The molecule has 0 bridgehead atoms. The summed E-state index contributed by atoms with van der Waals surface area (Å²) in [4.78, 5) is 32.4. The van der Waals surface area contributed by atoms with Crippen LogP contribution >= 0.6 is 11.6 Å². The summed E-state index contributed by atoms with van der Waals surface area (Å²) >= 11 is 6.16. The largest absolute Gasteiger partial charge is 0.464 e. The fraction of sp³-hybridized carbons (Fsp3) is 0.304. The molecule has 0 unspecified atom stereocenters. The molecule has 0 atom stereocenters. The first-order chi connectivity index (χ1) is 15.0. The molecule has 0 radical (unpaired) electrons. The van der Waals surface area contributed by atoms with Crippen molar-refractivity contribution in [2.45, 2.75) is 6.92 Å². The van der Waals surface area contributed by atoms with Crippen LogP contribution in [0.15, 0.2) is 42.5 Å². The molecule has 2 heterocycles. The molecular weight excluding hydrogens is 416 g/mol. The van der Waals surface area contributed by atoms with E-state index >= 15 is 0 Å². The molecule has 1 aromatic heterocycles. The number of carbonyl (C=O) groups is 2. The molecule has 162 valence electrons. The van der Waals surface area contributed by atoms with E-state index in [9.17, 15) is 9.59 Å². The van der Waals surface area contributed by atoms with Gasteiger partial charge in [0.05, 0.1) is 19.3 Å². The van der Waals surface area contributed by atoms with Crippen LogP contribution in [0, 0.1) is 6.92 Å². The highest BCUT2D eigenvalue weighted by molar-refractivity contribution is 6.30. The average Bonchev–Trinajstić information content (AvgIpc) is 3.14. The van der Waals surface area contributed by atoms with Crippen molar-refractivity contribution >= 4 is 45.8 Å². The number of aryl methyl sites for hydroxylation is 1. The molecule has 2 N–H and O–H groups in total. The van der Waals surface area contributed by atoms with Crippen molar-refractivity contribution in [2.75, 3.05) is 50.1 Å². The molecule has 1 amide bonds. The molecule has 3 aromatic rings. The van der Waals surface area contributed by atoms with Crippen molar-refractivity contribution in [2.24, 2.45) is 0 Å². The summed E-state index contributed by atoms with van der Waals surface area (Å²) in [6, 6.07) is 13.4. The summed E-state index contributed by atoms with van der Waals surface area (Å²) in [6.45, 7) is 5.48. The zero-order valence-electron chi connectivity index (χ0n) is 17.6. The number of anilines is 2. The molecule has 0 aliphatic carbocycles. The molecule has 1 aliphatic heterocycles. The number of methoxy groups -OCH3 is 1. The monoisotopic (exact) mass is 440 g/mol. The van der Waals surface area contributed by atoms with Gasteiger partial charge in [-0.1, -0.05) is 35.9 Å². The minimum Gasteiger partial charge on any atom is -0.464 e. The van der Waals surface area contributed by atoms with Gasteiger partial charge in [-0.25, -0.2) is 4.79 Å². The lowest BCUT2D eigenvalue weighted by Crippen LogP contribution is -2.48. The summed E-state index contributed by atoms with van der Waals surface area (Å²) in [5, 5.41) is 4.41. The maximum absolute atomic E-state index is 12.8. The number of H-pyrrole nitrogens is 1. The standard InChI is InChI=1S/C23H25ClN4O3/c1-15-7-8-16(24)13-19(15)28-11-9-27(10-12-28)14-20(29)26-21-17-5-3-4-6-18(17)25-22(21)23(30)31-2/h3-8,13,25H,9-12,14H2,1-2H3,(H,26,29). The number of ether oxygens (including phenoxy) is 1. The highest BCUT2D eigenvalue weighted by atomic mass is 35.5. The number of amides is 1. The Morgan fingerprint density at radius 2 is 1.87 bits per heavy atom. The van der Waals surface area contributed by atoms with Gasteiger partial charge in [0.15, 0.2) is 0 Å². The number of aromatic nitrogens is 1. The zero-order chi connectivity index (χ0) is 22.0. The van der Waals surface area contributed by atoms with Crippen LogP contribution in [0.3, 0.4) is 0 Å². The number of hydrogen-bond acceptors (Lipinski definition) is 5. The molecule has 8 heteroatoms. The van der Waals surface area contributed by atoms with Gasteiger partial charge in [0.2, 0.25) is 5.91 Å². The number of carbonyl (C=O) groups excluding carboxylic acids is 2. The van der Waals surface area contributed by atoms with Crippen molar-refractivity contribution < 1.29 is 14.3 Å². The number of benzene rings is 2. The maximum Gasteiger partial charge on any atom is 0.356 e. The molecule has 0 saturated carbocycles. The second kappa shape index (κ2) is 8.99. The minimum atomic E-state index is -0.517. The number of para-hydroxylation sites is 1. The number of nitrogens with one attached hydrogen (secondary N) is 2. The van der Waals surface area contributed by atoms with Gasteiger partial charge in [0.25, 0.3) is 0 Å². The predicted octanol–water partition coefficient (Wildman–Crippen LogP) is 3.68. The second-order valence-electron chi connectivity index (χ2n) is 7.65. The second-order valence-corrected chi connectivity index (χ2v) is 8.09. The number of fused-ring (bicyclic) bond motifs is 1. The van der Waals surface area contributed by atoms with Crippen LogP contribution in [0.2, 0.25) is 5.02 Å². The van der Waals surface area contributed by atoms with E-state index in [-0.39, 0.29) is 18.1 Å². The van der Waals surface area contributed by atoms with E-state index < -0.39 is 5.97 Å². The lowest BCUT2D eigenvalue weighted by molar-refractivity contribution is -0.117. The van der Waals surface area contributed by atoms with Crippen LogP contribution in [0.5, 0.6) is 0 Å². The van der Waals surface area contributed by atoms with Gasteiger partial charge < -0.3 is 19.9 Å². The highest BCUT2D eigenvalue weighted by Crippen LogP contribution is 2.28. The molecule has 1 saturated heterocycles. The summed E-state index contributed by atoms with van der Waals surface area (Å²) < 4.78 is 4.86. The molecule has 1 aliphatic rings. The van der Waals surface area contributed by atoms with E-state index in [1.807, 2.05) is 42.5 Å². The summed E-state index contributed by atoms with van der Waals surface area (Å²) in [5.41, 5.74) is 3.80. The molecule has 0 spiro atoms. The van der Waals surface area contributed by atoms with Gasteiger partial charge in [0, 0.05) is 47.8 Å². The summed E-state index contributed by atoms with van der Waals surface area (Å²) in [5.74, 6) is -0.681. The van der Waals surface area contributed by atoms with Gasteiger partial charge in [-0.05, 0) is 30.7 Å². The third-order valence-electron chi connectivity index (χ3n) is 5.61. The first-order valence-corrected chi connectivity index (χ1v) is 10.6. The van der Waals surface area contributed by atoms with E-state index in [1.54, 1.807) is 0 Å². The Hall–Kier alpha value is -3.03. The van der Waals surface area contributed by atoms with Gasteiger partial charge >= 0.3 is 5.97 Å². The quantitative estimate of drug-likeness (QED) is 0.592. The van der Waals surface area contributed by atoms with Crippen LogP contribution < -0.4 is 10.2 Å². The highest BCUT2D eigenvalue weighted by Gasteiger charge is 2.23. The fourth-order valence-corrected chi connectivity index (χ4v) is 4.15. The van der Waals surface area contributed by atoms with E-state index in [2.05, 4.69) is 27.0 Å². The van der Waals surface area contributed by atoms with E-state index in [0.29, 0.717) is 5.69 Å². The van der Waals surface area contributed by atoms with Gasteiger partial charge in [-0.2, -0.15) is 0 Å². The smallest absolute Gasteiger partial charge is 0.356 e. The number of halogens is 1. The lowest BCUT2D eigenvalue weighted by atomic mass is 10.1. The molecule has 7 nitrogen and oxygen atoms in total. The number of aromatic amines is 1. The number of piperazine rings is 1. The van der Waals surface area contributed by atoms with Crippen LogP contribution in [-0.2, 0) is 9.53 Å². The number of esters is 1. The number of rotatable bonds is 5. The average molecular weight is 441 g/mol. The minimum absolute atomic E-state index is 0.165. The van der Waals surface area contributed by atoms with Crippen molar-refractivity contribution in [1.82, 2.24) is 9.88 Å². The molecule has 31 heavy (non-hydrogen) atoms. The Labute approximate surface area is 185 Å². The lowest BCUT2D eigenvalue weighted by Gasteiger charge is -2.36. The van der Waals surface area contributed by atoms with Crippen molar-refractivity contribution in [3.8, 4) is 0 Å². The molecule has 4 rings (SSSR count). The van der Waals surface area contributed by atoms with Crippen molar-refractivity contribution in [3.05, 3.63) is 58.7 Å². The van der Waals surface area contributed by atoms with Crippen LogP contribution in [0.4, 0.5) is 11.4 Å². The maximum atomic E-state index is 12.8. The summed E-state index contributed by atoms with van der Waals surface area (Å²) in [7, 11) is 1.32. The normalized spacial score (nSPS) is 14.6. The fourth-order valence-electron chi connectivity index (χ4n) is 3.98. The van der Waals surface area contributed by atoms with Gasteiger partial charge in [-0.3, -0.25) is 9.69 Å². The number of hydrogen-bond donors (Lipinski definition) is 2. The SMILES string of the molecule is COC(=O)c1[nH]c2ccccc2c1NC(=O)CN1CCN(c2cc(Cl)ccc2C)CC1. The predicted molar refractivity (Wildman–Crippen MR) is 123 cm³/mol.